The van der Waals surface area contributed by atoms with Crippen molar-refractivity contribution in [2.45, 2.75) is 38.5 Å². The molecule has 5 heteroatoms. The Bertz CT molecular complexity index is 520. The van der Waals surface area contributed by atoms with Gasteiger partial charge in [0.2, 0.25) is 0 Å². The molecule has 0 saturated heterocycles. The van der Waals surface area contributed by atoms with Crippen LogP contribution < -0.4 is 0 Å². The second kappa shape index (κ2) is 5.06. The van der Waals surface area contributed by atoms with Gasteiger partial charge in [0.05, 0.1) is 10.5 Å². The molecule has 1 N–H and O–H groups in total. The van der Waals surface area contributed by atoms with Crippen LogP contribution in [-0.4, -0.2) is 15.0 Å². The van der Waals surface area contributed by atoms with Crippen LogP contribution in [0, 0.1) is 5.92 Å². The lowest BCUT2D eigenvalue weighted by Gasteiger charge is -2.20. The summed E-state index contributed by atoms with van der Waals surface area (Å²) in [6.07, 6.45) is 7.70. The van der Waals surface area contributed by atoms with Gasteiger partial charge in [-0.05, 0) is 12.0 Å². The maximum Gasteiger partial charge on any atom is 0.179 e. The highest BCUT2D eigenvalue weighted by Gasteiger charge is 2.16. The van der Waals surface area contributed by atoms with Crippen LogP contribution in [0.15, 0.2) is 6.07 Å². The fraction of sp³-hybridized carbons (Fsp3) is 0.538. The number of pyridine rings is 1. The Morgan fingerprint density at radius 3 is 2.72 bits per heavy atom. The number of hydrogen-bond acceptors (Lipinski definition) is 2. The summed E-state index contributed by atoms with van der Waals surface area (Å²) in [5, 5.41) is 0.789. The van der Waals surface area contributed by atoms with Crippen LogP contribution in [0.25, 0.3) is 11.2 Å². The van der Waals surface area contributed by atoms with Crippen molar-refractivity contribution in [1.82, 2.24) is 15.0 Å². The number of hydrogen-bond donors (Lipinski definition) is 1. The Morgan fingerprint density at radius 2 is 1.94 bits per heavy atom. The van der Waals surface area contributed by atoms with Crippen molar-refractivity contribution in [1.29, 1.82) is 0 Å². The van der Waals surface area contributed by atoms with Crippen molar-refractivity contribution in [3.05, 3.63) is 22.1 Å². The highest BCUT2D eigenvalue weighted by molar-refractivity contribution is 6.41. The molecule has 0 bridgehead atoms. The predicted octanol–water partition coefficient (Wildman–Crippen LogP) is 4.39. The van der Waals surface area contributed by atoms with E-state index in [4.69, 9.17) is 23.2 Å². The molecule has 18 heavy (non-hydrogen) atoms. The number of fused-ring (bicyclic) bond motifs is 1. The minimum absolute atomic E-state index is 0.319. The molecule has 3 nitrogen and oxygen atoms in total. The average Bonchev–Trinajstić information content (AvgIpc) is 2.72. The molecule has 0 aromatic carbocycles. The molecule has 96 valence electrons. The van der Waals surface area contributed by atoms with Gasteiger partial charge in [0.1, 0.15) is 11.0 Å². The first kappa shape index (κ1) is 12.2. The summed E-state index contributed by atoms with van der Waals surface area (Å²) in [6.45, 7) is 0. The normalized spacial score (nSPS) is 17.4. The van der Waals surface area contributed by atoms with Crippen molar-refractivity contribution in [3.8, 4) is 0 Å². The zero-order chi connectivity index (χ0) is 12.5. The third-order valence-electron chi connectivity index (χ3n) is 3.64. The number of nitrogens with one attached hydrogen (secondary N) is 1. The molecule has 0 atom stereocenters. The highest BCUT2D eigenvalue weighted by atomic mass is 35.5. The van der Waals surface area contributed by atoms with E-state index in [-0.39, 0.29) is 0 Å². The fourth-order valence-corrected chi connectivity index (χ4v) is 2.99. The fourth-order valence-electron chi connectivity index (χ4n) is 2.71. The van der Waals surface area contributed by atoms with Gasteiger partial charge in [-0.1, -0.05) is 55.3 Å². The molecule has 1 saturated carbocycles. The Morgan fingerprint density at radius 1 is 1.17 bits per heavy atom. The van der Waals surface area contributed by atoms with Gasteiger partial charge >= 0.3 is 0 Å². The lowest BCUT2D eigenvalue weighted by Crippen LogP contribution is -2.10. The Hall–Kier alpha value is -0.800. The average molecular weight is 284 g/mol. The van der Waals surface area contributed by atoms with Crippen LogP contribution in [0.1, 0.15) is 37.9 Å². The van der Waals surface area contributed by atoms with Crippen LogP contribution in [0.2, 0.25) is 10.2 Å². The topological polar surface area (TPSA) is 41.6 Å². The van der Waals surface area contributed by atoms with Crippen LogP contribution in [0.5, 0.6) is 0 Å². The molecule has 0 aliphatic heterocycles. The van der Waals surface area contributed by atoms with E-state index in [1.165, 1.54) is 32.1 Å². The van der Waals surface area contributed by atoms with E-state index in [2.05, 4.69) is 15.0 Å². The van der Waals surface area contributed by atoms with Crippen LogP contribution in [-0.2, 0) is 6.42 Å². The quantitative estimate of drug-likeness (QED) is 0.831. The van der Waals surface area contributed by atoms with Crippen molar-refractivity contribution in [3.63, 3.8) is 0 Å². The minimum Gasteiger partial charge on any atom is -0.341 e. The summed E-state index contributed by atoms with van der Waals surface area (Å²) in [7, 11) is 0. The molecular formula is C13H15Cl2N3. The van der Waals surface area contributed by atoms with E-state index in [1.807, 2.05) is 0 Å². The Balaban J connectivity index is 1.84. The minimum atomic E-state index is 0.319. The maximum absolute atomic E-state index is 5.95. The first-order chi connectivity index (χ1) is 8.72. The first-order valence-electron chi connectivity index (χ1n) is 6.43. The molecule has 2 aromatic heterocycles. The number of rotatable bonds is 2. The number of H-pyrrole nitrogens is 1. The molecule has 0 radical (unpaired) electrons. The van der Waals surface area contributed by atoms with E-state index in [1.54, 1.807) is 6.07 Å². The van der Waals surface area contributed by atoms with Crippen LogP contribution in [0.4, 0.5) is 0 Å². The van der Waals surface area contributed by atoms with Crippen molar-refractivity contribution in [2.75, 3.05) is 0 Å². The van der Waals surface area contributed by atoms with Gasteiger partial charge in [-0.25, -0.2) is 9.97 Å². The summed E-state index contributed by atoms with van der Waals surface area (Å²) in [5.74, 6) is 1.76. The van der Waals surface area contributed by atoms with Crippen molar-refractivity contribution < 1.29 is 0 Å². The van der Waals surface area contributed by atoms with Gasteiger partial charge in [-0.3, -0.25) is 0 Å². The van der Waals surface area contributed by atoms with Gasteiger partial charge < -0.3 is 4.98 Å². The third-order valence-corrected chi connectivity index (χ3v) is 4.31. The molecule has 0 unspecified atom stereocenters. The van der Waals surface area contributed by atoms with Crippen molar-refractivity contribution >= 4 is 34.4 Å². The second-order valence-corrected chi connectivity index (χ2v) is 5.79. The highest BCUT2D eigenvalue weighted by Crippen LogP contribution is 2.28. The molecule has 3 rings (SSSR count). The molecule has 2 heterocycles. The van der Waals surface area contributed by atoms with E-state index in [9.17, 15) is 0 Å². The van der Waals surface area contributed by atoms with E-state index in [0.717, 1.165) is 23.7 Å². The summed E-state index contributed by atoms with van der Waals surface area (Å²) in [5.41, 5.74) is 1.53. The number of nitrogens with zero attached hydrogens (tertiary/aromatic N) is 2. The smallest absolute Gasteiger partial charge is 0.179 e. The van der Waals surface area contributed by atoms with Crippen LogP contribution >= 0.6 is 23.2 Å². The van der Waals surface area contributed by atoms with Crippen LogP contribution in [0.3, 0.4) is 0 Å². The zero-order valence-corrected chi connectivity index (χ0v) is 11.6. The van der Waals surface area contributed by atoms with Gasteiger partial charge in [0.15, 0.2) is 5.65 Å². The molecule has 1 aliphatic rings. The predicted molar refractivity (Wildman–Crippen MR) is 74.2 cm³/mol. The number of aromatic nitrogens is 3. The standard InChI is InChI=1S/C13H15Cl2N3/c14-9-7-10-13(18-12(9)15)17-11(16-10)6-8-4-2-1-3-5-8/h7-8H,1-6H2,(H,16,17,18). The number of imidazole rings is 1. The van der Waals surface area contributed by atoms with Gasteiger partial charge in [0, 0.05) is 6.42 Å². The van der Waals surface area contributed by atoms with Gasteiger partial charge in [-0.2, -0.15) is 0 Å². The SMILES string of the molecule is Clc1cc2[nH]c(CC3CCCCC3)nc2nc1Cl. The molecule has 1 fully saturated rings. The van der Waals surface area contributed by atoms with E-state index >= 15 is 0 Å². The summed E-state index contributed by atoms with van der Waals surface area (Å²) in [6, 6.07) is 1.80. The molecule has 0 spiro atoms. The lowest BCUT2D eigenvalue weighted by molar-refractivity contribution is 0.352. The Kier molecular flexibility index (Phi) is 3.44. The monoisotopic (exact) mass is 283 g/mol. The summed E-state index contributed by atoms with van der Waals surface area (Å²) in [4.78, 5) is 12.0. The molecular weight excluding hydrogens is 269 g/mol. The van der Waals surface area contributed by atoms with Gasteiger partial charge in [0.25, 0.3) is 0 Å². The van der Waals surface area contributed by atoms with E-state index in [0.29, 0.717) is 15.8 Å². The number of halogens is 2. The largest absolute Gasteiger partial charge is 0.341 e. The summed E-state index contributed by atoms with van der Waals surface area (Å²) < 4.78 is 0. The first-order valence-corrected chi connectivity index (χ1v) is 7.18. The Labute approximate surface area is 116 Å². The van der Waals surface area contributed by atoms with Gasteiger partial charge in [-0.15, -0.1) is 0 Å². The maximum atomic E-state index is 5.95. The third kappa shape index (κ3) is 2.47. The molecule has 1 aliphatic carbocycles. The summed E-state index contributed by atoms with van der Waals surface area (Å²) >= 11 is 11.8. The molecule has 0 amide bonds. The second-order valence-electron chi connectivity index (χ2n) is 5.02. The van der Waals surface area contributed by atoms with E-state index < -0.39 is 0 Å². The number of aromatic amines is 1. The lowest BCUT2D eigenvalue weighted by atomic mass is 9.87. The zero-order valence-electron chi connectivity index (χ0n) is 10.0. The van der Waals surface area contributed by atoms with Crippen molar-refractivity contribution in [2.24, 2.45) is 5.92 Å². The molecule has 2 aromatic rings.